The number of benzene rings is 3. The molecule has 0 aliphatic heterocycles. The minimum absolute atomic E-state index is 0.110. The maximum absolute atomic E-state index is 12.0. The van der Waals surface area contributed by atoms with Crippen molar-refractivity contribution in [3.63, 3.8) is 0 Å². The van der Waals surface area contributed by atoms with Gasteiger partial charge in [0.25, 0.3) is 5.91 Å². The Morgan fingerprint density at radius 1 is 0.957 bits per heavy atom. The maximum atomic E-state index is 12.0. The minimum atomic E-state index is -0.303. The molecule has 0 aliphatic rings. The third-order valence-electron chi connectivity index (χ3n) is 3.32. The summed E-state index contributed by atoms with van der Waals surface area (Å²) in [5.74, 6) is 0.332. The van der Waals surface area contributed by atoms with Crippen molar-refractivity contribution in [2.45, 2.75) is 0 Å². The zero-order valence-electron chi connectivity index (χ0n) is 12.1. The van der Waals surface area contributed by atoms with E-state index in [4.69, 9.17) is 27.9 Å². The van der Waals surface area contributed by atoms with Gasteiger partial charge < -0.3 is 10.1 Å². The number of rotatable bonds is 4. The van der Waals surface area contributed by atoms with Crippen LogP contribution in [-0.2, 0) is 4.79 Å². The first-order valence-electron chi connectivity index (χ1n) is 6.99. The first-order valence-corrected chi connectivity index (χ1v) is 7.74. The average molecular weight is 346 g/mol. The summed E-state index contributed by atoms with van der Waals surface area (Å²) in [5, 5.41) is 5.56. The molecule has 0 saturated heterocycles. The Labute approximate surface area is 143 Å². The molecule has 0 radical (unpaired) electrons. The van der Waals surface area contributed by atoms with Gasteiger partial charge in [-0.25, -0.2) is 0 Å². The second-order valence-electron chi connectivity index (χ2n) is 4.95. The Bertz CT molecular complexity index is 865. The Balaban J connectivity index is 1.65. The predicted molar refractivity (Wildman–Crippen MR) is 94.5 cm³/mol. The zero-order chi connectivity index (χ0) is 16.2. The molecular formula is C18H13Cl2NO2. The standard InChI is InChI=1S/C18H13Cl2NO2/c19-15-6-3-7-16(18(15)20)21-17(22)11-23-14-9-8-12-4-1-2-5-13(12)10-14/h1-10H,11H2,(H,21,22). The molecule has 116 valence electrons. The van der Waals surface area contributed by atoms with Crippen molar-refractivity contribution in [1.29, 1.82) is 0 Å². The average Bonchev–Trinajstić information content (AvgIpc) is 2.57. The molecular weight excluding hydrogens is 333 g/mol. The van der Waals surface area contributed by atoms with Crippen LogP contribution in [0.5, 0.6) is 5.75 Å². The summed E-state index contributed by atoms with van der Waals surface area (Å²) in [6.45, 7) is -0.110. The highest BCUT2D eigenvalue weighted by molar-refractivity contribution is 6.43. The molecule has 23 heavy (non-hydrogen) atoms. The molecule has 3 nitrogen and oxygen atoms in total. The predicted octanol–water partition coefficient (Wildman–Crippen LogP) is 5.16. The van der Waals surface area contributed by atoms with Crippen molar-refractivity contribution in [2.24, 2.45) is 0 Å². The van der Waals surface area contributed by atoms with Crippen molar-refractivity contribution in [3.8, 4) is 5.75 Å². The molecule has 0 unspecified atom stereocenters. The minimum Gasteiger partial charge on any atom is -0.484 e. The number of carbonyl (C=O) groups is 1. The molecule has 0 atom stereocenters. The first kappa shape index (κ1) is 15.7. The third-order valence-corrected chi connectivity index (χ3v) is 4.14. The molecule has 3 aromatic rings. The van der Waals surface area contributed by atoms with Gasteiger partial charge in [-0.05, 0) is 35.0 Å². The number of amides is 1. The molecule has 0 heterocycles. The molecule has 0 spiro atoms. The van der Waals surface area contributed by atoms with E-state index in [9.17, 15) is 4.79 Å². The highest BCUT2D eigenvalue weighted by Gasteiger charge is 2.09. The van der Waals surface area contributed by atoms with Crippen LogP contribution >= 0.6 is 23.2 Å². The molecule has 0 saturated carbocycles. The molecule has 1 amide bonds. The van der Waals surface area contributed by atoms with Gasteiger partial charge in [-0.15, -0.1) is 0 Å². The van der Waals surface area contributed by atoms with E-state index >= 15 is 0 Å². The van der Waals surface area contributed by atoms with Crippen molar-refractivity contribution in [2.75, 3.05) is 11.9 Å². The monoisotopic (exact) mass is 345 g/mol. The number of halogens is 2. The number of fused-ring (bicyclic) bond motifs is 1. The maximum Gasteiger partial charge on any atom is 0.262 e. The molecule has 3 aromatic carbocycles. The second kappa shape index (κ2) is 6.90. The van der Waals surface area contributed by atoms with Crippen LogP contribution in [0.3, 0.4) is 0 Å². The quantitative estimate of drug-likeness (QED) is 0.708. The largest absolute Gasteiger partial charge is 0.484 e. The Kier molecular flexibility index (Phi) is 4.70. The number of ether oxygens (including phenoxy) is 1. The van der Waals surface area contributed by atoms with Gasteiger partial charge >= 0.3 is 0 Å². The topological polar surface area (TPSA) is 38.3 Å². The third kappa shape index (κ3) is 3.76. The summed E-state index contributed by atoms with van der Waals surface area (Å²) in [7, 11) is 0. The molecule has 3 rings (SSSR count). The van der Waals surface area contributed by atoms with Gasteiger partial charge in [-0.3, -0.25) is 4.79 Å². The van der Waals surface area contributed by atoms with Crippen molar-refractivity contribution >= 4 is 45.6 Å². The lowest BCUT2D eigenvalue weighted by molar-refractivity contribution is -0.118. The van der Waals surface area contributed by atoms with Crippen molar-refractivity contribution in [1.82, 2.24) is 0 Å². The smallest absolute Gasteiger partial charge is 0.262 e. The van der Waals surface area contributed by atoms with Gasteiger partial charge in [0.1, 0.15) is 5.75 Å². The molecule has 0 bridgehead atoms. The van der Waals surface area contributed by atoms with Gasteiger partial charge in [-0.2, -0.15) is 0 Å². The highest BCUT2D eigenvalue weighted by Crippen LogP contribution is 2.29. The SMILES string of the molecule is O=C(COc1ccc2ccccc2c1)Nc1cccc(Cl)c1Cl. The summed E-state index contributed by atoms with van der Waals surface area (Å²) in [4.78, 5) is 12.0. The van der Waals surface area contributed by atoms with Crippen LogP contribution in [0, 0.1) is 0 Å². The number of hydrogen-bond donors (Lipinski definition) is 1. The van der Waals surface area contributed by atoms with Crippen LogP contribution in [0.15, 0.2) is 60.7 Å². The number of hydrogen-bond acceptors (Lipinski definition) is 2. The summed E-state index contributed by atoms with van der Waals surface area (Å²) < 4.78 is 5.53. The van der Waals surface area contributed by atoms with Gasteiger partial charge in [0.2, 0.25) is 0 Å². The molecule has 0 aromatic heterocycles. The Hall–Kier alpha value is -2.23. The van der Waals surface area contributed by atoms with E-state index in [0.717, 1.165) is 10.8 Å². The van der Waals surface area contributed by atoms with Gasteiger partial charge in [0, 0.05) is 0 Å². The van der Waals surface area contributed by atoms with Gasteiger partial charge in [-0.1, -0.05) is 59.6 Å². The number of carbonyl (C=O) groups excluding carboxylic acids is 1. The Morgan fingerprint density at radius 2 is 1.74 bits per heavy atom. The van der Waals surface area contributed by atoms with E-state index in [0.29, 0.717) is 21.5 Å². The molecule has 5 heteroatoms. The van der Waals surface area contributed by atoms with Crippen LogP contribution in [0.1, 0.15) is 0 Å². The summed E-state index contributed by atoms with van der Waals surface area (Å²) in [6, 6.07) is 18.7. The highest BCUT2D eigenvalue weighted by atomic mass is 35.5. The second-order valence-corrected chi connectivity index (χ2v) is 5.73. The van der Waals surface area contributed by atoms with Crippen molar-refractivity contribution < 1.29 is 9.53 Å². The van der Waals surface area contributed by atoms with E-state index in [2.05, 4.69) is 5.32 Å². The molecule has 0 fully saturated rings. The van der Waals surface area contributed by atoms with Crippen LogP contribution in [0.2, 0.25) is 10.0 Å². The van der Waals surface area contributed by atoms with Gasteiger partial charge in [0.05, 0.1) is 15.7 Å². The number of anilines is 1. The first-order chi connectivity index (χ1) is 11.1. The van der Waals surface area contributed by atoms with E-state index in [1.807, 2.05) is 42.5 Å². The summed E-state index contributed by atoms with van der Waals surface area (Å²) >= 11 is 11.9. The van der Waals surface area contributed by atoms with E-state index < -0.39 is 0 Å². The number of nitrogens with one attached hydrogen (secondary N) is 1. The van der Waals surface area contributed by atoms with Crippen LogP contribution < -0.4 is 10.1 Å². The molecule has 0 aliphatic carbocycles. The fourth-order valence-corrected chi connectivity index (χ4v) is 2.54. The lowest BCUT2D eigenvalue weighted by Crippen LogP contribution is -2.20. The molecule has 1 N–H and O–H groups in total. The zero-order valence-corrected chi connectivity index (χ0v) is 13.6. The van der Waals surface area contributed by atoms with Crippen molar-refractivity contribution in [3.05, 3.63) is 70.7 Å². The lowest BCUT2D eigenvalue weighted by atomic mass is 10.1. The van der Waals surface area contributed by atoms with E-state index in [-0.39, 0.29) is 12.5 Å². The summed E-state index contributed by atoms with van der Waals surface area (Å²) in [5.41, 5.74) is 0.464. The van der Waals surface area contributed by atoms with Gasteiger partial charge in [0.15, 0.2) is 6.61 Å². The van der Waals surface area contributed by atoms with Crippen LogP contribution in [0.25, 0.3) is 10.8 Å². The Morgan fingerprint density at radius 3 is 2.57 bits per heavy atom. The van der Waals surface area contributed by atoms with E-state index in [1.165, 1.54) is 0 Å². The lowest BCUT2D eigenvalue weighted by Gasteiger charge is -2.10. The fraction of sp³-hybridized carbons (Fsp3) is 0.0556. The van der Waals surface area contributed by atoms with E-state index in [1.54, 1.807) is 18.2 Å². The van der Waals surface area contributed by atoms with Crippen LogP contribution in [-0.4, -0.2) is 12.5 Å². The normalized spacial score (nSPS) is 10.5. The fourth-order valence-electron chi connectivity index (χ4n) is 2.19. The van der Waals surface area contributed by atoms with Crippen LogP contribution in [0.4, 0.5) is 5.69 Å². The summed E-state index contributed by atoms with van der Waals surface area (Å²) in [6.07, 6.45) is 0.